The fourth-order valence-electron chi connectivity index (χ4n) is 2.24. The number of amides is 1. The maximum Gasteiger partial charge on any atom is 0.415 e. The molecular weight excluding hydrogens is 286 g/mol. The predicted molar refractivity (Wildman–Crippen MR) is 66.1 cm³/mol. The first kappa shape index (κ1) is 11.0. The van der Waals surface area contributed by atoms with Gasteiger partial charge >= 0.3 is 6.09 Å². The van der Waals surface area contributed by atoms with Crippen LogP contribution in [-0.4, -0.2) is 31.5 Å². The lowest BCUT2D eigenvalue weighted by Crippen LogP contribution is -2.34. The smallest absolute Gasteiger partial charge is 0.415 e. The van der Waals surface area contributed by atoms with Gasteiger partial charge in [-0.05, 0) is 24.3 Å². The average molecular weight is 298 g/mol. The molecule has 0 N–H and O–H groups in total. The second-order valence-corrected chi connectivity index (χ2v) is 5.33. The van der Waals surface area contributed by atoms with E-state index in [9.17, 15) is 4.79 Å². The Hall–Kier alpha value is -1.07. The molecule has 90 valence electrons. The Morgan fingerprint density at radius 3 is 2.71 bits per heavy atom. The summed E-state index contributed by atoms with van der Waals surface area (Å²) in [4.78, 5) is 13.5. The topological polar surface area (TPSA) is 38.8 Å². The first-order chi connectivity index (χ1) is 8.19. The Bertz CT molecular complexity index is 440. The van der Waals surface area contributed by atoms with Crippen molar-refractivity contribution < 1.29 is 14.3 Å². The van der Waals surface area contributed by atoms with Crippen LogP contribution in [0.4, 0.5) is 10.5 Å². The minimum Gasteiger partial charge on any atom is -0.438 e. The van der Waals surface area contributed by atoms with Gasteiger partial charge in [0.25, 0.3) is 0 Å². The zero-order chi connectivity index (χ0) is 11.9. The molecule has 1 unspecified atom stereocenters. The van der Waals surface area contributed by atoms with Crippen LogP contribution in [0.1, 0.15) is 6.42 Å². The van der Waals surface area contributed by atoms with Gasteiger partial charge in [0.05, 0.1) is 19.8 Å². The molecule has 0 saturated carbocycles. The lowest BCUT2D eigenvalue weighted by atomic mass is 10.0. The number of halogens is 1. The number of hydrogen-bond acceptors (Lipinski definition) is 3. The molecule has 1 spiro atoms. The van der Waals surface area contributed by atoms with Crippen LogP contribution in [0, 0.1) is 0 Å². The summed E-state index contributed by atoms with van der Waals surface area (Å²) < 4.78 is 11.8. The molecule has 0 aromatic heterocycles. The third kappa shape index (κ3) is 1.93. The van der Waals surface area contributed by atoms with E-state index in [1.165, 1.54) is 0 Å². The fraction of sp³-hybridized carbons (Fsp3) is 0.417. The van der Waals surface area contributed by atoms with E-state index in [1.807, 2.05) is 24.3 Å². The summed E-state index contributed by atoms with van der Waals surface area (Å²) in [6, 6.07) is 7.64. The Morgan fingerprint density at radius 2 is 2.06 bits per heavy atom. The first-order valence-corrected chi connectivity index (χ1v) is 6.32. The molecule has 5 heteroatoms. The van der Waals surface area contributed by atoms with Crippen molar-refractivity contribution in [2.75, 3.05) is 24.7 Å². The summed E-state index contributed by atoms with van der Waals surface area (Å²) in [6.45, 7) is 1.75. The van der Waals surface area contributed by atoms with Crippen LogP contribution in [0.25, 0.3) is 0 Å². The van der Waals surface area contributed by atoms with Crippen LogP contribution >= 0.6 is 15.9 Å². The van der Waals surface area contributed by atoms with Crippen molar-refractivity contribution in [2.45, 2.75) is 12.0 Å². The maximum absolute atomic E-state index is 11.9. The Labute approximate surface area is 108 Å². The predicted octanol–water partition coefficient (Wildman–Crippen LogP) is 2.56. The zero-order valence-electron chi connectivity index (χ0n) is 9.19. The van der Waals surface area contributed by atoms with Gasteiger partial charge in [-0.3, -0.25) is 4.90 Å². The van der Waals surface area contributed by atoms with Crippen molar-refractivity contribution in [3.05, 3.63) is 28.7 Å². The number of nitrogens with zero attached hydrogens (tertiary/aromatic N) is 1. The molecule has 1 atom stereocenters. The van der Waals surface area contributed by atoms with E-state index in [2.05, 4.69) is 15.9 Å². The van der Waals surface area contributed by atoms with Gasteiger partial charge in [-0.25, -0.2) is 4.79 Å². The normalized spacial score (nSPS) is 27.8. The van der Waals surface area contributed by atoms with Gasteiger partial charge in [0.15, 0.2) is 5.60 Å². The molecule has 4 nitrogen and oxygen atoms in total. The Balaban J connectivity index is 1.85. The van der Waals surface area contributed by atoms with Gasteiger partial charge in [-0.15, -0.1) is 0 Å². The molecular formula is C12H12BrNO3. The molecule has 0 radical (unpaired) electrons. The molecule has 17 heavy (non-hydrogen) atoms. The van der Waals surface area contributed by atoms with Crippen molar-refractivity contribution in [2.24, 2.45) is 0 Å². The average Bonchev–Trinajstić information content (AvgIpc) is 2.88. The zero-order valence-corrected chi connectivity index (χ0v) is 10.8. The van der Waals surface area contributed by atoms with Crippen LogP contribution in [0.15, 0.2) is 28.7 Å². The van der Waals surface area contributed by atoms with E-state index in [1.54, 1.807) is 4.90 Å². The number of carbonyl (C=O) groups excluding carboxylic acids is 1. The SMILES string of the molecule is O=C1OC2(CCOC2)CN1c1ccc(Br)cc1. The van der Waals surface area contributed by atoms with Crippen molar-refractivity contribution in [3.63, 3.8) is 0 Å². The molecule has 1 aromatic rings. The van der Waals surface area contributed by atoms with Crippen molar-refractivity contribution in [3.8, 4) is 0 Å². The highest BCUT2D eigenvalue weighted by Crippen LogP contribution is 2.34. The van der Waals surface area contributed by atoms with Crippen LogP contribution in [0.2, 0.25) is 0 Å². The number of rotatable bonds is 1. The molecule has 2 aliphatic heterocycles. The van der Waals surface area contributed by atoms with E-state index >= 15 is 0 Å². The second-order valence-electron chi connectivity index (χ2n) is 4.42. The van der Waals surface area contributed by atoms with E-state index in [0.717, 1.165) is 16.6 Å². The highest BCUT2D eigenvalue weighted by atomic mass is 79.9. The lowest BCUT2D eigenvalue weighted by molar-refractivity contribution is 0.0435. The summed E-state index contributed by atoms with van der Waals surface area (Å²) in [6.07, 6.45) is 0.504. The second kappa shape index (κ2) is 3.99. The molecule has 2 heterocycles. The third-order valence-corrected chi connectivity index (χ3v) is 3.70. The molecule has 3 rings (SSSR count). The minimum atomic E-state index is -0.426. The molecule has 1 aromatic carbocycles. The third-order valence-electron chi connectivity index (χ3n) is 3.18. The first-order valence-electron chi connectivity index (χ1n) is 5.52. The van der Waals surface area contributed by atoms with Crippen molar-refractivity contribution in [1.82, 2.24) is 0 Å². The van der Waals surface area contributed by atoms with Gasteiger partial charge in [0.2, 0.25) is 0 Å². The molecule has 2 saturated heterocycles. The van der Waals surface area contributed by atoms with Gasteiger partial charge in [-0.2, -0.15) is 0 Å². The monoisotopic (exact) mass is 297 g/mol. The molecule has 2 fully saturated rings. The number of anilines is 1. The molecule has 0 aliphatic carbocycles. The highest BCUT2D eigenvalue weighted by molar-refractivity contribution is 9.10. The number of carbonyl (C=O) groups is 1. The van der Waals surface area contributed by atoms with Crippen LogP contribution < -0.4 is 4.90 Å². The number of benzene rings is 1. The standard InChI is InChI=1S/C12H12BrNO3/c13-9-1-3-10(4-2-9)14-7-12(17-11(14)15)5-6-16-8-12/h1-4H,5-8H2. The van der Waals surface area contributed by atoms with Gasteiger partial charge in [-0.1, -0.05) is 15.9 Å². The summed E-state index contributed by atoms with van der Waals surface area (Å²) in [5.74, 6) is 0. The van der Waals surface area contributed by atoms with E-state index in [-0.39, 0.29) is 6.09 Å². The largest absolute Gasteiger partial charge is 0.438 e. The maximum atomic E-state index is 11.9. The van der Waals surface area contributed by atoms with Crippen molar-refractivity contribution >= 4 is 27.7 Å². The minimum absolute atomic E-state index is 0.280. The van der Waals surface area contributed by atoms with E-state index in [4.69, 9.17) is 9.47 Å². The van der Waals surface area contributed by atoms with E-state index in [0.29, 0.717) is 19.8 Å². The van der Waals surface area contributed by atoms with Crippen LogP contribution in [-0.2, 0) is 9.47 Å². The van der Waals surface area contributed by atoms with E-state index < -0.39 is 5.60 Å². The molecule has 0 bridgehead atoms. The highest BCUT2D eigenvalue weighted by Gasteiger charge is 2.48. The summed E-state index contributed by atoms with van der Waals surface area (Å²) in [5, 5.41) is 0. The quantitative estimate of drug-likeness (QED) is 0.800. The molecule has 1 amide bonds. The number of ether oxygens (including phenoxy) is 2. The lowest BCUT2D eigenvalue weighted by Gasteiger charge is -2.18. The van der Waals surface area contributed by atoms with Gasteiger partial charge in [0, 0.05) is 16.6 Å². The van der Waals surface area contributed by atoms with Gasteiger partial charge in [0.1, 0.15) is 0 Å². The van der Waals surface area contributed by atoms with Crippen LogP contribution in [0.3, 0.4) is 0 Å². The van der Waals surface area contributed by atoms with Crippen LogP contribution in [0.5, 0.6) is 0 Å². The number of hydrogen-bond donors (Lipinski definition) is 0. The molecule has 2 aliphatic rings. The van der Waals surface area contributed by atoms with Crippen molar-refractivity contribution in [1.29, 1.82) is 0 Å². The fourth-order valence-corrected chi connectivity index (χ4v) is 2.50. The Morgan fingerprint density at radius 1 is 1.29 bits per heavy atom. The summed E-state index contributed by atoms with van der Waals surface area (Å²) in [7, 11) is 0. The van der Waals surface area contributed by atoms with Gasteiger partial charge < -0.3 is 9.47 Å². The summed E-state index contributed by atoms with van der Waals surface area (Å²) in [5.41, 5.74) is 0.437. The summed E-state index contributed by atoms with van der Waals surface area (Å²) >= 11 is 3.37. The Kier molecular flexibility index (Phi) is 2.60.